The van der Waals surface area contributed by atoms with Crippen molar-refractivity contribution in [1.82, 2.24) is 9.97 Å². The number of carbonyl (C=O) groups excluding carboxylic acids is 1. The second-order valence-corrected chi connectivity index (χ2v) is 4.34. The van der Waals surface area contributed by atoms with Crippen LogP contribution >= 0.6 is 0 Å². The van der Waals surface area contributed by atoms with Gasteiger partial charge in [0.25, 0.3) is 0 Å². The van der Waals surface area contributed by atoms with Gasteiger partial charge in [0.1, 0.15) is 13.2 Å². The second kappa shape index (κ2) is 5.74. The van der Waals surface area contributed by atoms with Crippen LogP contribution < -0.4 is 14.8 Å². The number of rotatable bonds is 3. The van der Waals surface area contributed by atoms with Crippen LogP contribution in [0.15, 0.2) is 24.4 Å². The maximum atomic E-state index is 11.3. The number of imidazole rings is 1. The molecule has 2 N–H and O–H groups in total. The smallest absolute Gasteiger partial charge is 0.413 e. The summed E-state index contributed by atoms with van der Waals surface area (Å²) in [6.45, 7) is 3.14. The van der Waals surface area contributed by atoms with Gasteiger partial charge >= 0.3 is 6.09 Å². The second-order valence-electron chi connectivity index (χ2n) is 4.34. The van der Waals surface area contributed by atoms with Crippen LogP contribution in [0.2, 0.25) is 0 Å². The minimum atomic E-state index is -0.541. The molecule has 1 aliphatic rings. The molecule has 0 bridgehead atoms. The minimum Gasteiger partial charge on any atom is -0.486 e. The summed E-state index contributed by atoms with van der Waals surface area (Å²) in [4.78, 5) is 18.5. The van der Waals surface area contributed by atoms with Gasteiger partial charge < -0.3 is 19.2 Å². The van der Waals surface area contributed by atoms with Crippen molar-refractivity contribution >= 4 is 12.0 Å². The van der Waals surface area contributed by atoms with Gasteiger partial charge in [0.05, 0.1) is 12.3 Å². The van der Waals surface area contributed by atoms with Crippen molar-refractivity contribution in [3.8, 4) is 22.8 Å². The molecule has 1 aromatic heterocycles. The van der Waals surface area contributed by atoms with Gasteiger partial charge in [-0.05, 0) is 25.1 Å². The predicted octanol–water partition coefficient (Wildman–Crippen LogP) is 2.42. The van der Waals surface area contributed by atoms with Crippen molar-refractivity contribution in [3.05, 3.63) is 24.4 Å². The van der Waals surface area contributed by atoms with E-state index in [-0.39, 0.29) is 0 Å². The highest BCUT2D eigenvalue weighted by atomic mass is 16.6. The number of fused-ring (bicyclic) bond motifs is 1. The molecule has 3 rings (SSSR count). The highest BCUT2D eigenvalue weighted by molar-refractivity contribution is 5.82. The maximum absolute atomic E-state index is 11.3. The van der Waals surface area contributed by atoms with Crippen LogP contribution in [0.4, 0.5) is 10.7 Å². The summed E-state index contributed by atoms with van der Waals surface area (Å²) in [7, 11) is 0. The van der Waals surface area contributed by atoms with E-state index in [9.17, 15) is 4.79 Å². The zero-order chi connectivity index (χ0) is 14.7. The van der Waals surface area contributed by atoms with Gasteiger partial charge in [-0.15, -0.1) is 0 Å². The molecule has 1 aromatic carbocycles. The Kier molecular flexibility index (Phi) is 3.63. The Morgan fingerprint density at radius 2 is 2.19 bits per heavy atom. The van der Waals surface area contributed by atoms with E-state index in [0.717, 1.165) is 11.3 Å². The lowest BCUT2D eigenvalue weighted by atomic mass is 10.1. The number of hydrogen-bond acceptors (Lipinski definition) is 5. The van der Waals surface area contributed by atoms with Crippen LogP contribution in [-0.2, 0) is 4.74 Å². The van der Waals surface area contributed by atoms with E-state index in [4.69, 9.17) is 14.2 Å². The van der Waals surface area contributed by atoms with Crippen LogP contribution in [0.3, 0.4) is 0 Å². The average Bonchev–Trinajstić information content (AvgIpc) is 2.95. The molecule has 2 heterocycles. The lowest BCUT2D eigenvalue weighted by molar-refractivity contribution is 0.167. The Morgan fingerprint density at radius 1 is 1.38 bits per heavy atom. The van der Waals surface area contributed by atoms with Gasteiger partial charge in [-0.2, -0.15) is 0 Å². The van der Waals surface area contributed by atoms with Gasteiger partial charge in [0, 0.05) is 11.8 Å². The summed E-state index contributed by atoms with van der Waals surface area (Å²) in [6.07, 6.45) is 1.16. The average molecular weight is 289 g/mol. The van der Waals surface area contributed by atoms with Gasteiger partial charge in [-0.1, -0.05) is 0 Å². The third-order valence-electron chi connectivity index (χ3n) is 2.91. The molecule has 0 saturated heterocycles. The Balaban J connectivity index is 1.78. The number of carbonyl (C=O) groups is 1. The first-order chi connectivity index (χ1) is 10.3. The molecule has 0 aliphatic carbocycles. The quantitative estimate of drug-likeness (QED) is 0.906. The van der Waals surface area contributed by atoms with Crippen LogP contribution in [0.25, 0.3) is 11.3 Å². The topological polar surface area (TPSA) is 85.5 Å². The number of amides is 1. The van der Waals surface area contributed by atoms with E-state index in [1.54, 1.807) is 13.1 Å². The van der Waals surface area contributed by atoms with Gasteiger partial charge in [-0.3, -0.25) is 5.32 Å². The van der Waals surface area contributed by atoms with Crippen LogP contribution in [0, 0.1) is 0 Å². The van der Waals surface area contributed by atoms with Crippen molar-refractivity contribution in [3.63, 3.8) is 0 Å². The lowest BCUT2D eigenvalue weighted by Gasteiger charge is -2.18. The van der Waals surface area contributed by atoms with Crippen molar-refractivity contribution < 1.29 is 19.0 Å². The van der Waals surface area contributed by atoms with E-state index in [1.807, 2.05) is 18.2 Å². The molecule has 0 radical (unpaired) electrons. The third-order valence-corrected chi connectivity index (χ3v) is 2.91. The molecule has 21 heavy (non-hydrogen) atoms. The molecule has 0 fully saturated rings. The number of nitrogens with one attached hydrogen (secondary N) is 2. The van der Waals surface area contributed by atoms with Crippen molar-refractivity contribution in [2.75, 3.05) is 25.1 Å². The summed E-state index contributed by atoms with van der Waals surface area (Å²) >= 11 is 0. The summed E-state index contributed by atoms with van der Waals surface area (Å²) < 4.78 is 15.8. The number of benzene rings is 1. The largest absolute Gasteiger partial charge is 0.486 e. The summed E-state index contributed by atoms with van der Waals surface area (Å²) in [5.74, 6) is 1.75. The molecule has 110 valence electrons. The van der Waals surface area contributed by atoms with E-state index in [0.29, 0.717) is 37.2 Å². The molecule has 1 aliphatic heterocycles. The lowest BCUT2D eigenvalue weighted by Crippen LogP contribution is -2.15. The van der Waals surface area contributed by atoms with Crippen molar-refractivity contribution in [1.29, 1.82) is 0 Å². The molecule has 0 saturated carbocycles. The first-order valence-electron chi connectivity index (χ1n) is 6.65. The SMILES string of the molecule is CCOC(=O)Nc1nc(-c2ccc3c(c2)OCCO3)c[nH]1. The zero-order valence-electron chi connectivity index (χ0n) is 11.5. The first kappa shape index (κ1) is 13.3. The van der Waals surface area contributed by atoms with Crippen molar-refractivity contribution in [2.45, 2.75) is 6.92 Å². The highest BCUT2D eigenvalue weighted by Crippen LogP contribution is 2.34. The number of aromatic nitrogens is 2. The van der Waals surface area contributed by atoms with Crippen molar-refractivity contribution in [2.24, 2.45) is 0 Å². The number of H-pyrrole nitrogens is 1. The number of anilines is 1. The fourth-order valence-corrected chi connectivity index (χ4v) is 2.00. The molecule has 0 spiro atoms. The fourth-order valence-electron chi connectivity index (χ4n) is 2.00. The van der Waals surface area contributed by atoms with Crippen LogP contribution in [0.5, 0.6) is 11.5 Å². The number of nitrogens with zero attached hydrogens (tertiary/aromatic N) is 1. The van der Waals surface area contributed by atoms with E-state index >= 15 is 0 Å². The standard InChI is InChI=1S/C14H15N3O4/c1-2-19-14(18)17-13-15-8-10(16-13)9-3-4-11-12(7-9)21-6-5-20-11/h3-4,7-8H,2,5-6H2,1H3,(H2,15,16,17,18). The Hall–Kier alpha value is -2.70. The molecule has 2 aromatic rings. The van der Waals surface area contributed by atoms with Gasteiger partial charge in [0.15, 0.2) is 11.5 Å². The molecule has 1 amide bonds. The first-order valence-corrected chi connectivity index (χ1v) is 6.65. The molecule has 0 unspecified atom stereocenters. The van der Waals surface area contributed by atoms with Gasteiger partial charge in [0.2, 0.25) is 5.95 Å². The Labute approximate surface area is 121 Å². The summed E-state index contributed by atoms with van der Waals surface area (Å²) in [5.41, 5.74) is 1.56. The third kappa shape index (κ3) is 2.91. The van der Waals surface area contributed by atoms with E-state index < -0.39 is 6.09 Å². The van der Waals surface area contributed by atoms with Crippen LogP contribution in [-0.4, -0.2) is 35.9 Å². The van der Waals surface area contributed by atoms with Gasteiger partial charge in [-0.25, -0.2) is 9.78 Å². The number of aromatic amines is 1. The Morgan fingerprint density at radius 3 is 3.00 bits per heavy atom. The fraction of sp³-hybridized carbons (Fsp3) is 0.286. The zero-order valence-corrected chi connectivity index (χ0v) is 11.5. The Bertz CT molecular complexity index is 653. The molecule has 7 nitrogen and oxygen atoms in total. The monoisotopic (exact) mass is 289 g/mol. The van der Waals surface area contributed by atoms with E-state index in [1.165, 1.54) is 0 Å². The van der Waals surface area contributed by atoms with E-state index in [2.05, 4.69) is 15.3 Å². The summed E-state index contributed by atoms with van der Waals surface area (Å²) in [6, 6.07) is 5.59. The maximum Gasteiger partial charge on any atom is 0.413 e. The molecule has 7 heteroatoms. The normalized spacial score (nSPS) is 12.8. The van der Waals surface area contributed by atoms with Crippen LogP contribution in [0.1, 0.15) is 6.92 Å². The number of ether oxygens (including phenoxy) is 3. The minimum absolute atomic E-state index is 0.307. The highest BCUT2D eigenvalue weighted by Gasteiger charge is 2.14. The number of hydrogen-bond donors (Lipinski definition) is 2. The molecular formula is C14H15N3O4. The molecular weight excluding hydrogens is 274 g/mol. The predicted molar refractivity (Wildman–Crippen MR) is 75.7 cm³/mol. The summed E-state index contributed by atoms with van der Waals surface area (Å²) in [5, 5.41) is 2.51. The molecule has 0 atom stereocenters.